The van der Waals surface area contributed by atoms with E-state index in [1.54, 1.807) is 20.8 Å². The van der Waals surface area contributed by atoms with E-state index in [1.807, 2.05) is 158 Å². The Kier molecular flexibility index (Phi) is 18.8. The normalized spacial score (nSPS) is 12.1. The SMILES string of the molecule is CC(C)(C)OC(=O)N[C@@H](Cc1cc(OCc2ccccc2)cc(-c2ccc(OCc3ccccc3)c(C[C@H](NC(=O)OCc3ccccc3)C(=O)OCC[Si](C)(C)C)c2)c1)C(=O)OCc1ccccc1. The van der Waals surface area contributed by atoms with Gasteiger partial charge in [-0.15, -0.1) is 0 Å². The molecule has 2 amide bonds. The summed E-state index contributed by atoms with van der Waals surface area (Å²) >= 11 is 0. The molecule has 0 spiro atoms. The quantitative estimate of drug-likeness (QED) is 0.0383. The molecule has 0 aromatic heterocycles. The number of rotatable bonds is 22. The van der Waals surface area contributed by atoms with Gasteiger partial charge in [0.05, 0.1) is 6.61 Å². The van der Waals surface area contributed by atoms with Gasteiger partial charge in [-0.05, 0) is 95.6 Å². The summed E-state index contributed by atoms with van der Waals surface area (Å²) in [6.45, 7) is 12.5. The maximum Gasteiger partial charge on any atom is 0.408 e. The molecule has 0 bridgehead atoms. The van der Waals surface area contributed by atoms with Gasteiger partial charge in [-0.25, -0.2) is 19.2 Å². The van der Waals surface area contributed by atoms with Crippen LogP contribution in [0.5, 0.6) is 11.5 Å². The highest BCUT2D eigenvalue weighted by molar-refractivity contribution is 6.76. The van der Waals surface area contributed by atoms with Crippen molar-refractivity contribution in [1.29, 1.82) is 0 Å². The second-order valence-electron chi connectivity index (χ2n) is 19.2. The van der Waals surface area contributed by atoms with E-state index in [9.17, 15) is 19.2 Å². The van der Waals surface area contributed by atoms with Gasteiger partial charge in [-0.3, -0.25) is 0 Å². The molecule has 0 aliphatic rings. The molecular weight excluding hydrogens is 901 g/mol. The molecule has 13 heteroatoms. The first-order valence-electron chi connectivity index (χ1n) is 23.5. The Morgan fingerprint density at radius 3 is 1.56 bits per heavy atom. The van der Waals surface area contributed by atoms with E-state index in [-0.39, 0.29) is 45.9 Å². The second-order valence-corrected chi connectivity index (χ2v) is 24.8. The molecule has 6 aromatic rings. The number of hydrogen-bond acceptors (Lipinski definition) is 10. The number of benzene rings is 6. The topological polar surface area (TPSA) is 148 Å². The fourth-order valence-electron chi connectivity index (χ4n) is 7.15. The summed E-state index contributed by atoms with van der Waals surface area (Å²) in [4.78, 5) is 54.5. The van der Waals surface area contributed by atoms with E-state index in [4.69, 9.17) is 28.4 Å². The van der Waals surface area contributed by atoms with E-state index < -0.39 is 49.9 Å². The van der Waals surface area contributed by atoms with E-state index in [1.165, 1.54) is 0 Å². The molecule has 366 valence electrons. The molecule has 2 atom stereocenters. The van der Waals surface area contributed by atoms with E-state index >= 15 is 0 Å². The first-order chi connectivity index (χ1) is 33.5. The molecule has 0 saturated carbocycles. The van der Waals surface area contributed by atoms with Crippen molar-refractivity contribution in [3.8, 4) is 22.6 Å². The van der Waals surface area contributed by atoms with E-state index in [0.29, 0.717) is 33.8 Å². The number of alkyl carbamates (subject to hydrolysis) is 2. The van der Waals surface area contributed by atoms with Crippen LogP contribution in [0.1, 0.15) is 54.2 Å². The van der Waals surface area contributed by atoms with Crippen LogP contribution in [0.15, 0.2) is 158 Å². The van der Waals surface area contributed by atoms with Gasteiger partial charge in [0.25, 0.3) is 0 Å². The number of carbonyl (C=O) groups excluding carboxylic acids is 4. The lowest BCUT2D eigenvalue weighted by Gasteiger charge is -2.23. The van der Waals surface area contributed by atoms with E-state index in [0.717, 1.165) is 28.3 Å². The molecule has 12 nitrogen and oxygen atoms in total. The van der Waals surface area contributed by atoms with Crippen molar-refractivity contribution < 1.29 is 47.6 Å². The van der Waals surface area contributed by atoms with Crippen LogP contribution in [0, 0.1) is 0 Å². The van der Waals surface area contributed by atoms with Crippen LogP contribution in [-0.4, -0.2) is 56.5 Å². The molecule has 0 fully saturated rings. The van der Waals surface area contributed by atoms with Crippen LogP contribution >= 0.6 is 0 Å². The molecule has 0 heterocycles. The lowest BCUT2D eigenvalue weighted by Crippen LogP contribution is -2.45. The molecule has 70 heavy (non-hydrogen) atoms. The van der Waals surface area contributed by atoms with Gasteiger partial charge >= 0.3 is 24.1 Å². The van der Waals surface area contributed by atoms with Gasteiger partial charge in [-0.2, -0.15) is 0 Å². The molecule has 2 N–H and O–H groups in total. The summed E-state index contributed by atoms with van der Waals surface area (Å²) < 4.78 is 35.6. The minimum atomic E-state index is -1.57. The average Bonchev–Trinajstić information content (AvgIpc) is 3.33. The minimum Gasteiger partial charge on any atom is -0.489 e. The summed E-state index contributed by atoms with van der Waals surface area (Å²) in [5.41, 5.74) is 5.32. The Hall–Kier alpha value is -7.38. The Bertz CT molecular complexity index is 2620. The highest BCUT2D eigenvalue weighted by Crippen LogP contribution is 2.33. The monoisotopic (exact) mass is 964 g/mol. The van der Waals surface area contributed by atoms with Crippen molar-refractivity contribution in [3.05, 3.63) is 191 Å². The van der Waals surface area contributed by atoms with E-state index in [2.05, 4.69) is 30.3 Å². The van der Waals surface area contributed by atoms with Crippen molar-refractivity contribution in [2.45, 2.75) is 103 Å². The maximum atomic E-state index is 14.0. The predicted molar refractivity (Wildman–Crippen MR) is 273 cm³/mol. The Morgan fingerprint density at radius 1 is 0.500 bits per heavy atom. The van der Waals surface area contributed by atoms with Crippen LogP contribution in [-0.2, 0) is 67.8 Å². The van der Waals surface area contributed by atoms with Gasteiger partial charge in [0.2, 0.25) is 0 Å². The Morgan fingerprint density at radius 2 is 1.00 bits per heavy atom. The number of esters is 2. The van der Waals surface area contributed by atoms with Crippen LogP contribution < -0.4 is 20.1 Å². The third-order valence-corrected chi connectivity index (χ3v) is 12.5. The van der Waals surface area contributed by atoms with Crippen molar-refractivity contribution in [1.82, 2.24) is 10.6 Å². The summed E-state index contributed by atoms with van der Waals surface area (Å²) in [5.74, 6) is -0.253. The average molecular weight is 965 g/mol. The lowest BCUT2D eigenvalue weighted by atomic mass is 9.95. The molecule has 0 unspecified atom stereocenters. The van der Waals surface area contributed by atoms with Crippen LogP contribution in [0.25, 0.3) is 11.1 Å². The third kappa shape index (κ3) is 17.9. The van der Waals surface area contributed by atoms with Gasteiger partial charge in [0.1, 0.15) is 55.6 Å². The highest BCUT2D eigenvalue weighted by atomic mass is 28.3. The zero-order chi connectivity index (χ0) is 49.9. The largest absolute Gasteiger partial charge is 0.489 e. The molecule has 0 radical (unpaired) electrons. The van der Waals surface area contributed by atoms with Crippen molar-refractivity contribution in [2.24, 2.45) is 0 Å². The van der Waals surface area contributed by atoms with Crippen molar-refractivity contribution >= 4 is 32.2 Å². The molecule has 6 aromatic carbocycles. The maximum absolute atomic E-state index is 14.0. The van der Waals surface area contributed by atoms with Gasteiger partial charge in [0, 0.05) is 20.9 Å². The first kappa shape index (κ1) is 52.0. The third-order valence-electron chi connectivity index (χ3n) is 10.8. The van der Waals surface area contributed by atoms with Crippen molar-refractivity contribution in [2.75, 3.05) is 6.61 Å². The minimum absolute atomic E-state index is 0.00360. The van der Waals surface area contributed by atoms with Gasteiger partial charge in [-0.1, -0.05) is 153 Å². The number of carbonyl (C=O) groups is 4. The fourth-order valence-corrected chi connectivity index (χ4v) is 7.87. The Balaban J connectivity index is 1.37. The molecule has 0 aliphatic carbocycles. The second kappa shape index (κ2) is 25.3. The van der Waals surface area contributed by atoms with Gasteiger partial charge in [0.15, 0.2) is 0 Å². The van der Waals surface area contributed by atoms with Crippen LogP contribution in [0.3, 0.4) is 0 Å². The summed E-state index contributed by atoms with van der Waals surface area (Å²) in [6.07, 6.45) is -1.53. The first-order valence-corrected chi connectivity index (χ1v) is 27.2. The molecule has 0 saturated heterocycles. The lowest BCUT2D eigenvalue weighted by molar-refractivity contribution is -0.147. The van der Waals surface area contributed by atoms with Crippen LogP contribution in [0.4, 0.5) is 9.59 Å². The zero-order valence-electron chi connectivity index (χ0n) is 40.9. The number of ether oxygens (including phenoxy) is 6. The number of hydrogen-bond donors (Lipinski definition) is 2. The molecular formula is C57H64N2O10Si. The standard InChI is InChI=1S/C57H64N2O10Si/c1-57(2,3)69-56(63)59-50(54(61)67-39-43-23-15-9-16-24-43)33-45-31-47(35-49(32-45)65-37-41-19-11-7-12-20-41)46-27-28-52(66-38-42-21-13-8-14-22-42)48(34-46)36-51(53(60)64-29-30-70(4,5)6)58-55(62)68-40-44-25-17-10-18-26-44/h7-28,31-32,34-35,50-51H,29-30,33,36-40H2,1-6H3,(H,58,62)(H,59,63)/t50-,51-/m0/s1. The molecule has 0 aliphatic heterocycles. The smallest absolute Gasteiger partial charge is 0.408 e. The van der Waals surface area contributed by atoms with Gasteiger partial charge < -0.3 is 39.1 Å². The summed E-state index contributed by atoms with van der Waals surface area (Å²) in [7, 11) is -1.57. The van der Waals surface area contributed by atoms with Crippen molar-refractivity contribution in [3.63, 3.8) is 0 Å². The summed E-state index contributed by atoms with van der Waals surface area (Å²) in [6, 6.07) is 47.8. The zero-order valence-corrected chi connectivity index (χ0v) is 41.9. The number of amides is 2. The molecule has 6 rings (SSSR count). The Labute approximate surface area is 412 Å². The summed E-state index contributed by atoms with van der Waals surface area (Å²) in [5, 5.41) is 5.54. The number of nitrogens with one attached hydrogen (secondary N) is 2. The van der Waals surface area contributed by atoms with Crippen LogP contribution in [0.2, 0.25) is 25.7 Å². The highest BCUT2D eigenvalue weighted by Gasteiger charge is 2.29. The fraction of sp³-hybridized carbons (Fsp3) is 0.298. The predicted octanol–water partition coefficient (Wildman–Crippen LogP) is 11.4.